The second kappa shape index (κ2) is 7.44. The van der Waals surface area contributed by atoms with E-state index in [1.807, 2.05) is 48.2 Å². The Kier molecular flexibility index (Phi) is 6.92. The molecule has 14 heavy (non-hydrogen) atoms. The summed E-state index contributed by atoms with van der Waals surface area (Å²) in [6, 6.07) is 0. The molecule has 0 aliphatic heterocycles. The molecule has 0 saturated heterocycles. The van der Waals surface area contributed by atoms with Gasteiger partial charge in [-0.3, -0.25) is 0 Å². The molecule has 0 fully saturated rings. The second-order valence-corrected chi connectivity index (χ2v) is 3.84. The van der Waals surface area contributed by atoms with Gasteiger partial charge in [-0.15, -0.1) is 0 Å². The van der Waals surface area contributed by atoms with Gasteiger partial charge in [-0.1, -0.05) is 0 Å². The smallest absolute Gasteiger partial charge is 0.243 e. The number of carboxylic acid groups (broad SMARTS) is 1. The van der Waals surface area contributed by atoms with Crippen molar-refractivity contribution in [2.75, 3.05) is 12.0 Å². The molecule has 4 nitrogen and oxygen atoms in total. The van der Waals surface area contributed by atoms with Crippen LogP contribution in [-0.4, -0.2) is 22.5 Å². The number of aryl methyl sites for hydroxylation is 2. The SMILES string of the molecule is CSCCC(=O)[O-].Cn1cc[n+](C)c1. The number of nitrogens with zero attached hydrogens (tertiary/aromatic N) is 2. The Labute approximate surface area is 88.6 Å². The zero-order valence-corrected chi connectivity index (χ0v) is 9.58. The highest BCUT2D eigenvalue weighted by Gasteiger charge is 1.87. The highest BCUT2D eigenvalue weighted by molar-refractivity contribution is 7.98. The van der Waals surface area contributed by atoms with E-state index in [4.69, 9.17) is 0 Å². The van der Waals surface area contributed by atoms with Gasteiger partial charge in [0.05, 0.1) is 14.1 Å². The predicted octanol–water partition coefficient (Wildman–Crippen LogP) is -0.661. The number of hydrogen-bond acceptors (Lipinski definition) is 3. The van der Waals surface area contributed by atoms with Gasteiger partial charge in [0.2, 0.25) is 6.33 Å². The van der Waals surface area contributed by atoms with Gasteiger partial charge < -0.3 is 9.90 Å². The lowest BCUT2D eigenvalue weighted by molar-refractivity contribution is -0.670. The first-order chi connectivity index (χ1) is 6.56. The molecule has 0 radical (unpaired) electrons. The minimum Gasteiger partial charge on any atom is -0.550 e. The van der Waals surface area contributed by atoms with Crippen LogP contribution < -0.4 is 9.67 Å². The summed E-state index contributed by atoms with van der Waals surface area (Å²) in [5.41, 5.74) is 0. The van der Waals surface area contributed by atoms with E-state index in [1.54, 1.807) is 0 Å². The Bertz CT molecular complexity index is 257. The van der Waals surface area contributed by atoms with Crippen LogP contribution in [0.15, 0.2) is 18.7 Å². The van der Waals surface area contributed by atoms with Gasteiger partial charge in [0.15, 0.2) is 0 Å². The molecular weight excluding hydrogens is 200 g/mol. The lowest BCUT2D eigenvalue weighted by atomic mass is 10.5. The first kappa shape index (κ1) is 13.0. The topological polar surface area (TPSA) is 48.9 Å². The fourth-order valence-electron chi connectivity index (χ4n) is 0.760. The van der Waals surface area contributed by atoms with Crippen molar-refractivity contribution in [3.05, 3.63) is 18.7 Å². The average Bonchev–Trinajstić information content (AvgIpc) is 2.47. The third-order valence-electron chi connectivity index (χ3n) is 1.41. The zero-order chi connectivity index (χ0) is 11.0. The van der Waals surface area contributed by atoms with Gasteiger partial charge >= 0.3 is 0 Å². The number of carbonyl (C=O) groups excluding carboxylic acids is 1. The van der Waals surface area contributed by atoms with Gasteiger partial charge in [-0.2, -0.15) is 11.8 Å². The van der Waals surface area contributed by atoms with Crippen molar-refractivity contribution in [3.8, 4) is 0 Å². The molecule has 1 rings (SSSR count). The third-order valence-corrected chi connectivity index (χ3v) is 2.02. The Hall–Kier alpha value is -0.970. The Morgan fingerprint density at radius 2 is 2.29 bits per heavy atom. The molecule has 0 atom stereocenters. The van der Waals surface area contributed by atoms with Crippen molar-refractivity contribution in [3.63, 3.8) is 0 Å². The van der Waals surface area contributed by atoms with E-state index in [0.717, 1.165) is 0 Å². The molecule has 0 unspecified atom stereocenters. The summed E-state index contributed by atoms with van der Waals surface area (Å²) in [6.07, 6.45) is 8.03. The predicted molar refractivity (Wildman–Crippen MR) is 54.6 cm³/mol. The van der Waals surface area contributed by atoms with Crippen LogP contribution in [-0.2, 0) is 18.9 Å². The van der Waals surface area contributed by atoms with Gasteiger partial charge in [0.1, 0.15) is 12.4 Å². The Morgan fingerprint density at radius 3 is 2.43 bits per heavy atom. The van der Waals surface area contributed by atoms with Crippen LogP contribution in [0.5, 0.6) is 0 Å². The first-order valence-corrected chi connectivity index (χ1v) is 5.61. The van der Waals surface area contributed by atoms with Gasteiger partial charge in [-0.25, -0.2) is 9.13 Å². The molecule has 0 saturated carbocycles. The minimum absolute atomic E-state index is 0.168. The molecule has 5 heteroatoms. The van der Waals surface area contributed by atoms with E-state index < -0.39 is 5.97 Å². The molecule has 0 N–H and O–H groups in total. The number of imidazole rings is 1. The number of hydrogen-bond donors (Lipinski definition) is 0. The Morgan fingerprint density at radius 1 is 1.64 bits per heavy atom. The lowest BCUT2D eigenvalue weighted by Gasteiger charge is -1.95. The summed E-state index contributed by atoms with van der Waals surface area (Å²) in [7, 11) is 4.00. The molecule has 0 spiro atoms. The molecular formula is C9H16N2O2S. The van der Waals surface area contributed by atoms with Crippen LogP contribution in [0.4, 0.5) is 0 Å². The summed E-state index contributed by atoms with van der Waals surface area (Å²) in [6.45, 7) is 0. The number of thioether (sulfide) groups is 1. The maximum atomic E-state index is 9.63. The molecule has 1 aromatic heterocycles. The van der Waals surface area contributed by atoms with Crippen molar-refractivity contribution < 1.29 is 14.5 Å². The second-order valence-electron chi connectivity index (χ2n) is 2.86. The molecule has 0 aromatic carbocycles. The maximum absolute atomic E-state index is 9.63. The van der Waals surface area contributed by atoms with Gasteiger partial charge in [-0.05, 0) is 18.4 Å². The number of rotatable bonds is 3. The third kappa shape index (κ3) is 7.67. The monoisotopic (exact) mass is 216 g/mol. The van der Waals surface area contributed by atoms with E-state index in [1.165, 1.54) is 11.8 Å². The fraction of sp³-hybridized carbons (Fsp3) is 0.556. The van der Waals surface area contributed by atoms with E-state index in [2.05, 4.69) is 0 Å². The summed E-state index contributed by atoms with van der Waals surface area (Å²) < 4.78 is 4.00. The van der Waals surface area contributed by atoms with E-state index in [0.29, 0.717) is 5.75 Å². The quantitative estimate of drug-likeness (QED) is 0.630. The molecule has 0 bridgehead atoms. The summed E-state index contributed by atoms with van der Waals surface area (Å²) >= 11 is 1.51. The van der Waals surface area contributed by atoms with Crippen molar-refractivity contribution in [2.24, 2.45) is 14.1 Å². The largest absolute Gasteiger partial charge is 0.550 e. The summed E-state index contributed by atoms with van der Waals surface area (Å²) in [5, 5.41) is 9.63. The summed E-state index contributed by atoms with van der Waals surface area (Å²) in [5.74, 6) is -0.308. The van der Waals surface area contributed by atoms with Crippen molar-refractivity contribution in [2.45, 2.75) is 6.42 Å². The van der Waals surface area contributed by atoms with Crippen LogP contribution in [0.2, 0.25) is 0 Å². The fourth-order valence-corrected chi connectivity index (χ4v) is 1.13. The lowest BCUT2D eigenvalue weighted by Crippen LogP contribution is -2.23. The van der Waals surface area contributed by atoms with Gasteiger partial charge in [0.25, 0.3) is 0 Å². The molecule has 1 heterocycles. The van der Waals surface area contributed by atoms with Crippen LogP contribution in [0.1, 0.15) is 6.42 Å². The minimum atomic E-state index is -0.964. The number of aromatic nitrogens is 2. The highest BCUT2D eigenvalue weighted by atomic mass is 32.2. The van der Waals surface area contributed by atoms with Crippen molar-refractivity contribution >= 4 is 17.7 Å². The normalized spacial score (nSPS) is 9.07. The number of carbonyl (C=O) groups is 1. The Balaban J connectivity index is 0.000000241. The highest BCUT2D eigenvalue weighted by Crippen LogP contribution is 1.92. The zero-order valence-electron chi connectivity index (χ0n) is 8.77. The maximum Gasteiger partial charge on any atom is 0.243 e. The number of aliphatic carboxylic acids is 1. The molecule has 1 aromatic rings. The van der Waals surface area contributed by atoms with Crippen LogP contribution in [0.3, 0.4) is 0 Å². The molecule has 0 aliphatic rings. The van der Waals surface area contributed by atoms with Gasteiger partial charge in [0, 0.05) is 5.97 Å². The van der Waals surface area contributed by atoms with Crippen molar-refractivity contribution in [1.82, 2.24) is 4.57 Å². The standard InChI is InChI=1S/C5H9N2.C4H8O2S/c1-6-3-4-7(2)5-6;1-7-3-2-4(5)6/h3-5H,1-2H3;2-3H2,1H3,(H,5,6)/q+1;/p-1. The van der Waals surface area contributed by atoms with Crippen LogP contribution in [0, 0.1) is 0 Å². The van der Waals surface area contributed by atoms with E-state index in [9.17, 15) is 9.90 Å². The average molecular weight is 216 g/mol. The van der Waals surface area contributed by atoms with Crippen LogP contribution in [0.25, 0.3) is 0 Å². The van der Waals surface area contributed by atoms with E-state index in [-0.39, 0.29) is 6.42 Å². The summed E-state index contributed by atoms with van der Waals surface area (Å²) in [4.78, 5) is 9.63. The van der Waals surface area contributed by atoms with Crippen LogP contribution >= 0.6 is 11.8 Å². The van der Waals surface area contributed by atoms with Crippen molar-refractivity contribution in [1.29, 1.82) is 0 Å². The van der Waals surface area contributed by atoms with E-state index >= 15 is 0 Å². The number of carboxylic acids is 1. The molecule has 0 amide bonds. The molecule has 80 valence electrons. The molecule has 0 aliphatic carbocycles. The first-order valence-electron chi connectivity index (χ1n) is 4.22.